The third kappa shape index (κ3) is 3.01. The van der Waals surface area contributed by atoms with Gasteiger partial charge in [0.25, 0.3) is 0 Å². The fourth-order valence-electron chi connectivity index (χ4n) is 1.80. The lowest BCUT2D eigenvalue weighted by molar-refractivity contribution is 0.925. The maximum atomic E-state index is 4.55. The molecule has 6 heteroatoms. The van der Waals surface area contributed by atoms with Gasteiger partial charge < -0.3 is 10.6 Å². The summed E-state index contributed by atoms with van der Waals surface area (Å²) >= 11 is 1.66. The summed E-state index contributed by atoms with van der Waals surface area (Å²) in [5.74, 6) is 2.62. The maximum Gasteiger partial charge on any atom is 0.135 e. The molecule has 5 nitrogen and oxygen atoms in total. The average molecular weight is 277 g/mol. The average Bonchev–Trinajstić information content (AvgIpc) is 2.83. The van der Waals surface area contributed by atoms with Crippen molar-refractivity contribution in [1.82, 2.24) is 15.0 Å². The fourth-order valence-corrected chi connectivity index (χ4v) is 2.51. The summed E-state index contributed by atoms with van der Waals surface area (Å²) in [7, 11) is 1.88. The topological polar surface area (TPSA) is 62.7 Å². The molecule has 0 spiro atoms. The zero-order valence-corrected chi connectivity index (χ0v) is 12.6. The van der Waals surface area contributed by atoms with Gasteiger partial charge in [0.05, 0.1) is 17.7 Å². The highest BCUT2D eigenvalue weighted by Crippen LogP contribution is 2.21. The second-order valence-electron chi connectivity index (χ2n) is 4.28. The molecule has 19 heavy (non-hydrogen) atoms. The van der Waals surface area contributed by atoms with Crippen LogP contribution < -0.4 is 10.6 Å². The Balaban J connectivity index is 2.22. The first-order valence-electron chi connectivity index (χ1n) is 6.33. The molecule has 0 amide bonds. The number of nitrogens with one attached hydrogen (secondary N) is 2. The molecule has 2 rings (SSSR count). The summed E-state index contributed by atoms with van der Waals surface area (Å²) in [6.07, 6.45) is 0.823. The molecular formula is C13H19N5S. The lowest BCUT2D eigenvalue weighted by Crippen LogP contribution is -2.09. The Morgan fingerprint density at radius 1 is 1.21 bits per heavy atom. The SMILES string of the molecule is CCc1nc(NC)c(C)c(NCc2scnc2C)n1. The lowest BCUT2D eigenvalue weighted by atomic mass is 10.3. The van der Waals surface area contributed by atoms with Crippen LogP contribution in [-0.4, -0.2) is 22.0 Å². The first-order chi connectivity index (χ1) is 9.15. The molecule has 0 aliphatic carbocycles. The van der Waals surface area contributed by atoms with Crippen LogP contribution in [0.15, 0.2) is 5.51 Å². The van der Waals surface area contributed by atoms with Crippen LogP contribution >= 0.6 is 11.3 Å². The molecule has 0 aromatic carbocycles. The van der Waals surface area contributed by atoms with Crippen LogP contribution in [0.4, 0.5) is 11.6 Å². The van der Waals surface area contributed by atoms with Gasteiger partial charge >= 0.3 is 0 Å². The van der Waals surface area contributed by atoms with Gasteiger partial charge in [-0.15, -0.1) is 11.3 Å². The number of hydrogen-bond donors (Lipinski definition) is 2. The van der Waals surface area contributed by atoms with Crippen molar-refractivity contribution in [3.8, 4) is 0 Å². The van der Waals surface area contributed by atoms with Gasteiger partial charge in [0, 0.05) is 23.9 Å². The molecule has 0 radical (unpaired) electrons. The fraction of sp³-hybridized carbons (Fsp3) is 0.462. The van der Waals surface area contributed by atoms with E-state index in [-0.39, 0.29) is 0 Å². The Bertz CT molecular complexity index is 564. The highest BCUT2D eigenvalue weighted by Gasteiger charge is 2.10. The van der Waals surface area contributed by atoms with Gasteiger partial charge in [-0.1, -0.05) is 6.92 Å². The molecule has 0 bridgehead atoms. The highest BCUT2D eigenvalue weighted by molar-refractivity contribution is 7.09. The van der Waals surface area contributed by atoms with E-state index in [0.29, 0.717) is 0 Å². The van der Waals surface area contributed by atoms with Crippen molar-refractivity contribution in [2.75, 3.05) is 17.7 Å². The van der Waals surface area contributed by atoms with Crippen LogP contribution in [-0.2, 0) is 13.0 Å². The van der Waals surface area contributed by atoms with Crippen LogP contribution in [0.1, 0.15) is 28.9 Å². The number of nitrogens with zero attached hydrogens (tertiary/aromatic N) is 3. The molecule has 0 aliphatic heterocycles. The molecule has 2 aromatic rings. The van der Waals surface area contributed by atoms with E-state index in [0.717, 1.165) is 41.7 Å². The van der Waals surface area contributed by atoms with Crippen molar-refractivity contribution in [2.45, 2.75) is 33.7 Å². The minimum Gasteiger partial charge on any atom is -0.373 e. The molecule has 2 heterocycles. The number of anilines is 2. The monoisotopic (exact) mass is 277 g/mol. The molecule has 0 saturated carbocycles. The van der Waals surface area contributed by atoms with Gasteiger partial charge in [0.1, 0.15) is 17.5 Å². The summed E-state index contributed by atoms with van der Waals surface area (Å²) in [6, 6.07) is 0. The van der Waals surface area contributed by atoms with E-state index < -0.39 is 0 Å². The summed E-state index contributed by atoms with van der Waals surface area (Å²) < 4.78 is 0. The lowest BCUT2D eigenvalue weighted by Gasteiger charge is -2.13. The molecule has 0 unspecified atom stereocenters. The van der Waals surface area contributed by atoms with E-state index in [4.69, 9.17) is 0 Å². The standard InChI is InChI=1S/C13H19N5S/c1-5-11-17-12(14-4)8(2)13(18-11)15-6-10-9(3)16-7-19-10/h7H,5-6H2,1-4H3,(H2,14,15,17,18). The second-order valence-corrected chi connectivity index (χ2v) is 5.22. The van der Waals surface area contributed by atoms with Gasteiger partial charge in [-0.3, -0.25) is 0 Å². The predicted molar refractivity (Wildman–Crippen MR) is 79.9 cm³/mol. The van der Waals surface area contributed by atoms with E-state index >= 15 is 0 Å². The van der Waals surface area contributed by atoms with Crippen LogP contribution in [0, 0.1) is 13.8 Å². The van der Waals surface area contributed by atoms with Gasteiger partial charge in [-0.25, -0.2) is 15.0 Å². The Kier molecular flexibility index (Phi) is 4.31. The van der Waals surface area contributed by atoms with Crippen molar-refractivity contribution in [3.05, 3.63) is 27.5 Å². The molecule has 102 valence electrons. The van der Waals surface area contributed by atoms with E-state index in [9.17, 15) is 0 Å². The van der Waals surface area contributed by atoms with Crippen molar-refractivity contribution in [2.24, 2.45) is 0 Å². The minimum atomic E-state index is 0.751. The van der Waals surface area contributed by atoms with Crippen molar-refractivity contribution >= 4 is 23.0 Å². The third-order valence-corrected chi connectivity index (χ3v) is 3.94. The van der Waals surface area contributed by atoms with Crippen LogP contribution in [0.2, 0.25) is 0 Å². The molecular weight excluding hydrogens is 258 g/mol. The highest BCUT2D eigenvalue weighted by atomic mass is 32.1. The van der Waals surface area contributed by atoms with Gasteiger partial charge in [-0.2, -0.15) is 0 Å². The zero-order chi connectivity index (χ0) is 13.8. The molecule has 0 saturated heterocycles. The normalized spacial score (nSPS) is 10.5. The summed E-state index contributed by atoms with van der Waals surface area (Å²) in [6.45, 7) is 6.85. The number of aryl methyl sites for hydroxylation is 2. The van der Waals surface area contributed by atoms with Crippen LogP contribution in [0.5, 0.6) is 0 Å². The number of thiazole rings is 1. The van der Waals surface area contributed by atoms with Gasteiger partial charge in [0.2, 0.25) is 0 Å². The third-order valence-electron chi connectivity index (χ3n) is 3.01. The number of aromatic nitrogens is 3. The van der Waals surface area contributed by atoms with Crippen LogP contribution in [0.3, 0.4) is 0 Å². The minimum absolute atomic E-state index is 0.751. The number of rotatable bonds is 5. The van der Waals surface area contributed by atoms with Crippen molar-refractivity contribution < 1.29 is 0 Å². The quantitative estimate of drug-likeness (QED) is 0.880. The molecule has 2 N–H and O–H groups in total. The first-order valence-corrected chi connectivity index (χ1v) is 7.21. The van der Waals surface area contributed by atoms with E-state index in [1.54, 1.807) is 11.3 Å². The Labute approximate surface area is 117 Å². The predicted octanol–water partition coefficient (Wildman–Crippen LogP) is 2.77. The molecule has 0 atom stereocenters. The summed E-state index contributed by atoms with van der Waals surface area (Å²) in [5.41, 5.74) is 3.99. The smallest absolute Gasteiger partial charge is 0.135 e. The second kappa shape index (κ2) is 5.97. The number of hydrogen-bond acceptors (Lipinski definition) is 6. The van der Waals surface area contributed by atoms with Gasteiger partial charge in [-0.05, 0) is 13.8 Å². The Morgan fingerprint density at radius 3 is 2.53 bits per heavy atom. The zero-order valence-electron chi connectivity index (χ0n) is 11.7. The molecule has 2 aromatic heterocycles. The van der Waals surface area contributed by atoms with E-state index in [2.05, 4.69) is 32.5 Å². The maximum absolute atomic E-state index is 4.55. The summed E-state index contributed by atoms with van der Waals surface area (Å²) in [5, 5.41) is 6.50. The first kappa shape index (κ1) is 13.7. The molecule has 0 aliphatic rings. The van der Waals surface area contributed by atoms with Crippen LogP contribution in [0.25, 0.3) is 0 Å². The van der Waals surface area contributed by atoms with Crippen molar-refractivity contribution in [1.29, 1.82) is 0 Å². The van der Waals surface area contributed by atoms with Crippen molar-refractivity contribution in [3.63, 3.8) is 0 Å². The summed E-state index contributed by atoms with van der Waals surface area (Å²) in [4.78, 5) is 14.5. The van der Waals surface area contributed by atoms with E-state index in [1.807, 2.05) is 26.4 Å². The Hall–Kier alpha value is -1.69. The van der Waals surface area contributed by atoms with E-state index in [1.165, 1.54) is 4.88 Å². The molecule has 0 fully saturated rings. The Morgan fingerprint density at radius 2 is 1.95 bits per heavy atom. The van der Waals surface area contributed by atoms with Gasteiger partial charge in [0.15, 0.2) is 0 Å². The largest absolute Gasteiger partial charge is 0.373 e.